The molecule has 0 spiro atoms. The molecule has 3 aromatic rings. The fraction of sp³-hybridized carbons (Fsp3) is 0.364. The Morgan fingerprint density at radius 1 is 0.878 bits per heavy atom. The van der Waals surface area contributed by atoms with Gasteiger partial charge < -0.3 is 10.7 Å². The lowest BCUT2D eigenvalue weighted by molar-refractivity contribution is -0.134. The van der Waals surface area contributed by atoms with Gasteiger partial charge in [0, 0.05) is 18.2 Å². The van der Waals surface area contributed by atoms with Gasteiger partial charge in [-0.1, -0.05) is 87.5 Å². The second kappa shape index (κ2) is 13.4. The number of hydrogen-bond donors (Lipinski definition) is 3. The highest BCUT2D eigenvalue weighted by molar-refractivity contribution is 6.05. The second-order valence-electron chi connectivity index (χ2n) is 11.8. The predicted molar refractivity (Wildman–Crippen MR) is 162 cm³/mol. The van der Waals surface area contributed by atoms with Gasteiger partial charge in [-0.15, -0.1) is 10.2 Å². The van der Waals surface area contributed by atoms with E-state index in [0.29, 0.717) is 24.4 Å². The second-order valence-corrected chi connectivity index (χ2v) is 11.8. The number of nitrogens with two attached hydrogens (primary N) is 1. The maximum absolute atomic E-state index is 13.8. The highest BCUT2D eigenvalue weighted by atomic mass is 16.2. The molecule has 8 heteroatoms. The Kier molecular flexibility index (Phi) is 9.65. The number of amides is 2. The molecule has 0 saturated heterocycles. The van der Waals surface area contributed by atoms with E-state index >= 15 is 0 Å². The number of guanidine groups is 1. The summed E-state index contributed by atoms with van der Waals surface area (Å²) < 4.78 is 0. The van der Waals surface area contributed by atoms with Crippen molar-refractivity contribution < 1.29 is 9.59 Å². The Bertz CT molecular complexity index is 1350. The summed E-state index contributed by atoms with van der Waals surface area (Å²) in [6, 6.07) is 25.8. The molecule has 1 fully saturated rings. The van der Waals surface area contributed by atoms with Gasteiger partial charge in [-0.25, -0.2) is 5.53 Å². The Morgan fingerprint density at radius 2 is 1.46 bits per heavy atom. The molecule has 1 aliphatic carbocycles. The van der Waals surface area contributed by atoms with Crippen LogP contribution in [0, 0.1) is 16.9 Å². The van der Waals surface area contributed by atoms with Crippen LogP contribution in [0.3, 0.4) is 0 Å². The van der Waals surface area contributed by atoms with Crippen LogP contribution in [0.15, 0.2) is 89.1 Å². The summed E-state index contributed by atoms with van der Waals surface area (Å²) in [5.74, 6) is 5.17. The van der Waals surface area contributed by atoms with Gasteiger partial charge in [0.25, 0.3) is 11.9 Å². The van der Waals surface area contributed by atoms with Crippen molar-refractivity contribution in [3.63, 3.8) is 0 Å². The van der Waals surface area contributed by atoms with E-state index in [1.807, 2.05) is 47.4 Å². The number of benzene rings is 3. The summed E-state index contributed by atoms with van der Waals surface area (Å²) in [4.78, 5) is 28.3. The van der Waals surface area contributed by atoms with Crippen molar-refractivity contribution in [1.82, 2.24) is 10.2 Å². The summed E-state index contributed by atoms with van der Waals surface area (Å²) in [5, 5.41) is 8.72. The first-order valence-electron chi connectivity index (χ1n) is 14.2. The van der Waals surface area contributed by atoms with E-state index in [0.717, 1.165) is 47.9 Å². The van der Waals surface area contributed by atoms with Crippen molar-refractivity contribution in [3.05, 3.63) is 95.6 Å². The van der Waals surface area contributed by atoms with Crippen LogP contribution in [-0.2, 0) is 17.8 Å². The van der Waals surface area contributed by atoms with Gasteiger partial charge in [0.2, 0.25) is 5.91 Å². The van der Waals surface area contributed by atoms with Gasteiger partial charge in [-0.3, -0.25) is 14.9 Å². The smallest absolute Gasteiger partial charge is 0.265 e. The minimum Gasteiger partial charge on any atom is -0.335 e. The number of nitrogens with one attached hydrogen (secondary N) is 2. The molecule has 41 heavy (non-hydrogen) atoms. The number of carbonyl (C=O) groups excluding carboxylic acids is 2. The van der Waals surface area contributed by atoms with Crippen molar-refractivity contribution in [2.75, 3.05) is 0 Å². The third-order valence-corrected chi connectivity index (χ3v) is 8.12. The number of nitrogens with zero attached hydrogens (tertiary/aromatic N) is 3. The molecule has 8 nitrogen and oxygen atoms in total. The largest absolute Gasteiger partial charge is 0.335 e. The molecule has 214 valence electrons. The third-order valence-electron chi connectivity index (χ3n) is 8.12. The fourth-order valence-corrected chi connectivity index (χ4v) is 5.62. The van der Waals surface area contributed by atoms with Gasteiger partial charge in [0.15, 0.2) is 0 Å². The zero-order chi connectivity index (χ0) is 29.4. The first-order valence-corrected chi connectivity index (χ1v) is 14.2. The van der Waals surface area contributed by atoms with E-state index in [9.17, 15) is 9.59 Å². The lowest BCUT2D eigenvalue weighted by Gasteiger charge is -2.41. The van der Waals surface area contributed by atoms with Crippen LogP contribution in [0.5, 0.6) is 0 Å². The predicted octanol–water partition coefficient (Wildman–Crippen LogP) is 6.52. The van der Waals surface area contributed by atoms with Gasteiger partial charge >= 0.3 is 0 Å². The molecule has 0 unspecified atom stereocenters. The third kappa shape index (κ3) is 7.87. The standard InChI is InChI=1S/C33H40N6O2/c1-33(2,3)28-17-19-29(20-18-28)39(22-24-11-15-27(16-12-24)31(41)36-32(37-34)38-35)30(40)21-23-9-13-26(14-10-23)25-7-5-4-6-8-25/h4-16,28-29,34H,17-22,35H2,1-3H3,(H,36,38,41). The Balaban J connectivity index is 1.49. The van der Waals surface area contributed by atoms with Gasteiger partial charge in [0.05, 0.1) is 6.42 Å². The summed E-state index contributed by atoms with van der Waals surface area (Å²) in [6.07, 6.45) is 4.52. The minimum atomic E-state index is -0.455. The van der Waals surface area contributed by atoms with Gasteiger partial charge in [0.1, 0.15) is 0 Å². The Hall–Kier alpha value is -4.33. The van der Waals surface area contributed by atoms with Gasteiger partial charge in [-0.05, 0) is 71.4 Å². The Morgan fingerprint density at radius 3 is 2.02 bits per heavy atom. The van der Waals surface area contributed by atoms with Crippen LogP contribution in [0.25, 0.3) is 11.1 Å². The van der Waals surface area contributed by atoms with Gasteiger partial charge in [-0.2, -0.15) is 0 Å². The van der Waals surface area contributed by atoms with Crippen LogP contribution in [-0.4, -0.2) is 28.7 Å². The van der Waals surface area contributed by atoms with Crippen LogP contribution in [0.2, 0.25) is 0 Å². The highest BCUT2D eigenvalue weighted by Crippen LogP contribution is 2.39. The lowest BCUT2D eigenvalue weighted by Crippen LogP contribution is -2.43. The fourth-order valence-electron chi connectivity index (χ4n) is 5.62. The van der Waals surface area contributed by atoms with E-state index < -0.39 is 5.91 Å². The van der Waals surface area contributed by atoms with Crippen LogP contribution in [0.4, 0.5) is 0 Å². The van der Waals surface area contributed by atoms with E-state index in [-0.39, 0.29) is 23.3 Å². The topological polar surface area (TPSA) is 124 Å². The monoisotopic (exact) mass is 552 g/mol. The molecule has 1 aliphatic rings. The van der Waals surface area contributed by atoms with Crippen molar-refractivity contribution >= 4 is 17.8 Å². The zero-order valence-electron chi connectivity index (χ0n) is 24.1. The molecule has 0 radical (unpaired) electrons. The summed E-state index contributed by atoms with van der Waals surface area (Å²) >= 11 is 0. The quantitative estimate of drug-likeness (QED) is 0.102. The summed E-state index contributed by atoms with van der Waals surface area (Å²) in [6.45, 7) is 7.39. The van der Waals surface area contributed by atoms with Crippen molar-refractivity contribution in [1.29, 1.82) is 5.53 Å². The normalized spacial score (nSPS) is 17.5. The maximum Gasteiger partial charge on any atom is 0.265 e. The molecule has 0 aliphatic heterocycles. The lowest BCUT2D eigenvalue weighted by atomic mass is 9.71. The highest BCUT2D eigenvalue weighted by Gasteiger charge is 2.33. The molecule has 4 N–H and O–H groups in total. The molecule has 4 rings (SSSR count). The first-order chi connectivity index (χ1) is 19.7. The first kappa shape index (κ1) is 29.6. The average Bonchev–Trinajstić information content (AvgIpc) is 2.99. The van der Waals surface area contributed by atoms with Crippen molar-refractivity contribution in [2.24, 2.45) is 27.4 Å². The minimum absolute atomic E-state index is 0.111. The molecule has 0 aromatic heterocycles. The number of carbonyl (C=O) groups is 2. The number of rotatable bonds is 7. The molecule has 1 saturated carbocycles. The molecule has 2 amide bonds. The van der Waals surface area contributed by atoms with E-state index in [2.05, 4.69) is 60.6 Å². The summed E-state index contributed by atoms with van der Waals surface area (Å²) in [5.41, 5.74) is 11.9. The SMILES string of the molecule is CC(C)(C)C1CCC(N(Cc2ccc(C(=O)N/C(N=N)=N/N)cc2)C(=O)Cc2ccc(-c3ccccc3)cc2)CC1. The molecular weight excluding hydrogens is 512 g/mol. The van der Waals surface area contributed by atoms with Crippen molar-refractivity contribution in [3.8, 4) is 11.1 Å². The van der Waals surface area contributed by atoms with E-state index in [1.54, 1.807) is 12.1 Å². The number of hydrazone groups is 1. The molecule has 0 atom stereocenters. The molecule has 0 heterocycles. The maximum atomic E-state index is 13.8. The van der Waals surface area contributed by atoms with E-state index in [1.165, 1.54) is 0 Å². The Labute approximate surface area is 242 Å². The number of hydrogen-bond acceptors (Lipinski definition) is 5. The van der Waals surface area contributed by atoms with Crippen LogP contribution >= 0.6 is 0 Å². The molecule has 0 bridgehead atoms. The zero-order valence-corrected chi connectivity index (χ0v) is 24.1. The van der Waals surface area contributed by atoms with Crippen LogP contribution < -0.4 is 11.2 Å². The summed E-state index contributed by atoms with van der Waals surface area (Å²) in [7, 11) is 0. The van der Waals surface area contributed by atoms with Crippen molar-refractivity contribution in [2.45, 2.75) is 65.5 Å². The van der Waals surface area contributed by atoms with Crippen LogP contribution in [0.1, 0.15) is 67.9 Å². The average molecular weight is 553 g/mol. The molecular formula is C33H40N6O2. The molecule has 3 aromatic carbocycles. The van der Waals surface area contributed by atoms with E-state index in [4.69, 9.17) is 11.4 Å².